The monoisotopic (exact) mass is 396 g/mol. The van der Waals surface area contributed by atoms with E-state index in [1.54, 1.807) is 7.11 Å². The number of nitrogens with zero attached hydrogens (tertiary/aromatic N) is 2. The van der Waals surface area contributed by atoms with Crippen LogP contribution in [-0.2, 0) is 15.6 Å². The number of hydrogen-bond acceptors (Lipinski definition) is 5. The SMILES string of the molecule is COc1cccc(C2(CNS(N)(=O)=O)CCC(N3CCN(C)CC3)CC2)c1. The largest absolute Gasteiger partial charge is 0.497 e. The molecule has 0 spiro atoms. The predicted molar refractivity (Wildman–Crippen MR) is 107 cm³/mol. The summed E-state index contributed by atoms with van der Waals surface area (Å²) in [4.78, 5) is 4.97. The van der Waals surface area contributed by atoms with Gasteiger partial charge in [-0.25, -0.2) is 9.86 Å². The van der Waals surface area contributed by atoms with E-state index in [9.17, 15) is 8.42 Å². The first-order chi connectivity index (χ1) is 12.8. The van der Waals surface area contributed by atoms with Crippen molar-refractivity contribution in [3.63, 3.8) is 0 Å². The second kappa shape index (κ2) is 8.45. The Morgan fingerprint density at radius 2 is 1.89 bits per heavy atom. The van der Waals surface area contributed by atoms with Crippen LogP contribution in [0.1, 0.15) is 31.2 Å². The summed E-state index contributed by atoms with van der Waals surface area (Å²) >= 11 is 0. The maximum Gasteiger partial charge on any atom is 0.274 e. The molecule has 27 heavy (non-hydrogen) atoms. The molecule has 8 heteroatoms. The van der Waals surface area contributed by atoms with E-state index in [1.807, 2.05) is 18.2 Å². The highest BCUT2D eigenvalue weighted by Gasteiger charge is 2.39. The Bertz CT molecular complexity index is 724. The lowest BCUT2D eigenvalue weighted by Crippen LogP contribution is -2.52. The maximum atomic E-state index is 11.5. The number of benzene rings is 1. The van der Waals surface area contributed by atoms with Crippen molar-refractivity contribution in [2.75, 3.05) is 46.9 Å². The van der Waals surface area contributed by atoms with Crippen LogP contribution in [0, 0.1) is 0 Å². The van der Waals surface area contributed by atoms with Crippen molar-refractivity contribution in [3.05, 3.63) is 29.8 Å². The van der Waals surface area contributed by atoms with Gasteiger partial charge in [-0.1, -0.05) is 12.1 Å². The Kier molecular flexibility index (Phi) is 6.43. The molecule has 0 atom stereocenters. The van der Waals surface area contributed by atoms with E-state index >= 15 is 0 Å². The number of hydrogen-bond donors (Lipinski definition) is 2. The van der Waals surface area contributed by atoms with Gasteiger partial charge in [0, 0.05) is 44.2 Å². The molecule has 2 fully saturated rings. The molecule has 0 unspecified atom stereocenters. The summed E-state index contributed by atoms with van der Waals surface area (Å²) < 4.78 is 31.0. The van der Waals surface area contributed by atoms with E-state index in [0.717, 1.165) is 63.2 Å². The minimum Gasteiger partial charge on any atom is -0.497 e. The third-order valence-electron chi connectivity index (χ3n) is 6.26. The van der Waals surface area contributed by atoms with Crippen molar-refractivity contribution in [3.8, 4) is 5.75 Å². The van der Waals surface area contributed by atoms with Crippen molar-refractivity contribution in [1.29, 1.82) is 0 Å². The highest BCUT2D eigenvalue weighted by molar-refractivity contribution is 7.87. The van der Waals surface area contributed by atoms with Crippen LogP contribution in [-0.4, -0.2) is 71.1 Å². The van der Waals surface area contributed by atoms with Crippen LogP contribution < -0.4 is 14.6 Å². The number of methoxy groups -OCH3 is 1. The van der Waals surface area contributed by atoms with Crippen molar-refractivity contribution in [2.24, 2.45) is 5.14 Å². The van der Waals surface area contributed by atoms with Gasteiger partial charge < -0.3 is 9.64 Å². The number of nitrogens with one attached hydrogen (secondary N) is 1. The maximum absolute atomic E-state index is 11.5. The van der Waals surface area contributed by atoms with Gasteiger partial charge in [-0.3, -0.25) is 4.90 Å². The Balaban J connectivity index is 1.76. The van der Waals surface area contributed by atoms with E-state index in [4.69, 9.17) is 9.88 Å². The second-order valence-electron chi connectivity index (χ2n) is 7.95. The predicted octanol–water partition coefficient (Wildman–Crippen LogP) is 0.916. The number of nitrogens with two attached hydrogens (primary N) is 1. The van der Waals surface area contributed by atoms with Crippen LogP contribution in [0.5, 0.6) is 5.75 Å². The van der Waals surface area contributed by atoms with Crippen molar-refractivity contribution < 1.29 is 13.2 Å². The Morgan fingerprint density at radius 3 is 2.48 bits per heavy atom. The molecular formula is C19H32N4O3S. The van der Waals surface area contributed by atoms with Gasteiger partial charge in [0.05, 0.1) is 7.11 Å². The first-order valence-corrected chi connectivity index (χ1v) is 11.2. The molecule has 1 heterocycles. The van der Waals surface area contributed by atoms with E-state index in [0.29, 0.717) is 12.6 Å². The third kappa shape index (κ3) is 5.20. The summed E-state index contributed by atoms with van der Waals surface area (Å²) in [5.41, 5.74) is 0.874. The molecule has 1 aliphatic carbocycles. The summed E-state index contributed by atoms with van der Waals surface area (Å²) in [5.74, 6) is 0.795. The second-order valence-corrected chi connectivity index (χ2v) is 9.33. The first-order valence-electron chi connectivity index (χ1n) is 9.66. The van der Waals surface area contributed by atoms with Gasteiger partial charge in [0.2, 0.25) is 0 Å². The smallest absolute Gasteiger partial charge is 0.274 e. The van der Waals surface area contributed by atoms with Gasteiger partial charge in [0.15, 0.2) is 0 Å². The molecule has 0 bridgehead atoms. The quantitative estimate of drug-likeness (QED) is 0.746. The molecule has 2 aliphatic rings. The van der Waals surface area contributed by atoms with Crippen LogP contribution >= 0.6 is 0 Å². The average Bonchev–Trinajstić information content (AvgIpc) is 2.67. The molecule has 1 aliphatic heterocycles. The van der Waals surface area contributed by atoms with E-state index in [1.165, 1.54) is 0 Å². The fraction of sp³-hybridized carbons (Fsp3) is 0.684. The van der Waals surface area contributed by atoms with E-state index < -0.39 is 10.2 Å². The fourth-order valence-corrected chi connectivity index (χ4v) is 4.94. The summed E-state index contributed by atoms with van der Waals surface area (Å²) in [6, 6.07) is 8.57. The molecule has 152 valence electrons. The topological polar surface area (TPSA) is 87.9 Å². The Hall–Kier alpha value is -1.19. The standard InChI is InChI=1S/C19H32N4O3S/c1-22-10-12-23(13-11-22)17-6-8-19(9-7-17,15-21-27(20,24)25)16-4-3-5-18(14-16)26-2/h3-5,14,17,21H,6-13,15H2,1-2H3,(H2,20,24,25). The number of likely N-dealkylation sites (N-methyl/N-ethyl adjacent to an activating group) is 1. The lowest BCUT2D eigenvalue weighted by atomic mass is 9.68. The van der Waals surface area contributed by atoms with Crippen LogP contribution in [0.4, 0.5) is 0 Å². The normalized spacial score (nSPS) is 28.2. The number of piperazine rings is 1. The molecule has 0 aromatic heterocycles. The zero-order valence-corrected chi connectivity index (χ0v) is 17.2. The highest BCUT2D eigenvalue weighted by atomic mass is 32.2. The van der Waals surface area contributed by atoms with E-state index in [2.05, 4.69) is 27.6 Å². The van der Waals surface area contributed by atoms with Crippen molar-refractivity contribution in [2.45, 2.75) is 37.1 Å². The molecule has 7 nitrogen and oxygen atoms in total. The summed E-state index contributed by atoms with van der Waals surface area (Å²) in [6.45, 7) is 4.79. The summed E-state index contributed by atoms with van der Waals surface area (Å²) in [6.07, 6.45) is 3.99. The van der Waals surface area contributed by atoms with Crippen LogP contribution in [0.15, 0.2) is 24.3 Å². The molecule has 3 rings (SSSR count). The first kappa shape index (κ1) is 20.5. The molecule has 1 saturated heterocycles. The summed E-state index contributed by atoms with van der Waals surface area (Å²) in [7, 11) is 0.100. The average molecular weight is 397 g/mol. The fourth-order valence-electron chi connectivity index (χ4n) is 4.47. The molecule has 1 saturated carbocycles. The molecule has 1 aromatic rings. The van der Waals surface area contributed by atoms with Gasteiger partial charge in [-0.2, -0.15) is 8.42 Å². The zero-order valence-electron chi connectivity index (χ0n) is 16.4. The van der Waals surface area contributed by atoms with Crippen molar-refractivity contribution in [1.82, 2.24) is 14.5 Å². The van der Waals surface area contributed by atoms with Crippen LogP contribution in [0.25, 0.3) is 0 Å². The van der Waals surface area contributed by atoms with Gasteiger partial charge >= 0.3 is 0 Å². The molecule has 3 N–H and O–H groups in total. The molecular weight excluding hydrogens is 364 g/mol. The molecule has 1 aromatic carbocycles. The third-order valence-corrected chi connectivity index (χ3v) is 6.81. The van der Waals surface area contributed by atoms with Gasteiger partial charge in [-0.15, -0.1) is 0 Å². The minimum absolute atomic E-state index is 0.246. The highest BCUT2D eigenvalue weighted by Crippen LogP contribution is 2.41. The summed E-state index contributed by atoms with van der Waals surface area (Å²) in [5, 5.41) is 5.23. The van der Waals surface area contributed by atoms with Gasteiger partial charge in [-0.05, 0) is 50.4 Å². The van der Waals surface area contributed by atoms with E-state index in [-0.39, 0.29) is 5.41 Å². The van der Waals surface area contributed by atoms with Crippen molar-refractivity contribution >= 4 is 10.2 Å². The number of ether oxygens (including phenoxy) is 1. The number of rotatable bonds is 6. The Morgan fingerprint density at radius 1 is 1.22 bits per heavy atom. The lowest BCUT2D eigenvalue weighted by Gasteiger charge is -2.46. The zero-order chi connectivity index (χ0) is 19.5. The van der Waals surface area contributed by atoms with Gasteiger partial charge in [0.25, 0.3) is 10.2 Å². The van der Waals surface area contributed by atoms with Crippen LogP contribution in [0.2, 0.25) is 0 Å². The minimum atomic E-state index is -3.72. The molecule has 0 radical (unpaired) electrons. The van der Waals surface area contributed by atoms with Crippen LogP contribution in [0.3, 0.4) is 0 Å². The van der Waals surface area contributed by atoms with Gasteiger partial charge in [0.1, 0.15) is 5.75 Å². The lowest BCUT2D eigenvalue weighted by molar-refractivity contribution is 0.0751. The molecule has 0 amide bonds. The Labute approximate surface area is 163 Å².